The Labute approximate surface area is 149 Å². The van der Waals surface area contributed by atoms with Crippen LogP contribution >= 0.6 is 0 Å². The molecule has 1 amide bonds. The molecule has 1 aromatic rings. The molecule has 0 saturated carbocycles. The van der Waals surface area contributed by atoms with Crippen molar-refractivity contribution in [3.05, 3.63) is 41.3 Å². The van der Waals surface area contributed by atoms with Crippen LogP contribution in [0.3, 0.4) is 0 Å². The summed E-state index contributed by atoms with van der Waals surface area (Å²) in [6.07, 6.45) is 2.35. The van der Waals surface area contributed by atoms with E-state index in [-0.39, 0.29) is 12.1 Å². The van der Waals surface area contributed by atoms with Crippen molar-refractivity contribution in [3.8, 4) is 0 Å². The number of hydrogen-bond donors (Lipinski definition) is 1. The lowest BCUT2D eigenvalue weighted by Gasteiger charge is -2.33. The van der Waals surface area contributed by atoms with E-state index in [0.717, 1.165) is 5.56 Å². The van der Waals surface area contributed by atoms with E-state index in [1.165, 1.54) is 5.41 Å². The number of benzene rings is 1. The highest BCUT2D eigenvalue weighted by Gasteiger charge is 2.28. The van der Waals surface area contributed by atoms with Gasteiger partial charge in [-0.15, -0.1) is 0 Å². The molecule has 138 valence electrons. The van der Waals surface area contributed by atoms with Crippen molar-refractivity contribution in [2.45, 2.75) is 45.3 Å². The third-order valence-corrected chi connectivity index (χ3v) is 4.87. The third kappa shape index (κ3) is 6.88. The van der Waals surface area contributed by atoms with Gasteiger partial charge in [0, 0.05) is 24.5 Å². The van der Waals surface area contributed by atoms with Gasteiger partial charge in [0.05, 0.1) is 0 Å². The smallest absolute Gasteiger partial charge is 0.410 e. The Morgan fingerprint density at radius 3 is 2.36 bits per heavy atom. The molecule has 0 unspecified atom stereocenters. The molecule has 1 aliphatic rings. The van der Waals surface area contributed by atoms with E-state index in [0.29, 0.717) is 25.9 Å². The summed E-state index contributed by atoms with van der Waals surface area (Å²) >= 11 is 0. The predicted octanol–water partition coefficient (Wildman–Crippen LogP) is 2.98. The average molecular weight is 366 g/mol. The predicted molar refractivity (Wildman–Crippen MR) is 98.4 cm³/mol. The van der Waals surface area contributed by atoms with Crippen LogP contribution in [-0.4, -0.2) is 44.1 Å². The van der Waals surface area contributed by atoms with E-state index >= 15 is 0 Å². The molecule has 0 atom stereocenters. The van der Waals surface area contributed by atoms with Gasteiger partial charge >= 0.3 is 6.09 Å². The van der Waals surface area contributed by atoms with E-state index in [1.54, 1.807) is 11.0 Å². The number of sulfonamides is 1. The summed E-state index contributed by atoms with van der Waals surface area (Å²) in [5.74, 6) is 0. The van der Waals surface area contributed by atoms with E-state index in [2.05, 4.69) is 4.72 Å². The second-order valence-electron chi connectivity index (χ2n) is 7.12. The van der Waals surface area contributed by atoms with Crippen LogP contribution in [0, 0.1) is 0 Å². The van der Waals surface area contributed by atoms with Crippen molar-refractivity contribution in [2.24, 2.45) is 0 Å². The fourth-order valence-corrected chi connectivity index (χ4v) is 3.63. The minimum absolute atomic E-state index is 0.177. The lowest BCUT2D eigenvalue weighted by molar-refractivity contribution is 0.0204. The van der Waals surface area contributed by atoms with Crippen LogP contribution in [0.15, 0.2) is 35.7 Å². The molecule has 1 heterocycles. The Morgan fingerprint density at radius 2 is 1.80 bits per heavy atom. The second-order valence-corrected chi connectivity index (χ2v) is 8.72. The number of carbonyl (C=O) groups excluding carboxylic acids is 1. The molecular weight excluding hydrogens is 340 g/mol. The minimum Gasteiger partial charge on any atom is -0.444 e. The number of hydrogen-bond acceptors (Lipinski definition) is 4. The monoisotopic (exact) mass is 366 g/mol. The Balaban J connectivity index is 1.85. The Kier molecular flexibility index (Phi) is 6.24. The van der Waals surface area contributed by atoms with Crippen molar-refractivity contribution in [1.29, 1.82) is 0 Å². The van der Waals surface area contributed by atoms with Crippen molar-refractivity contribution >= 4 is 22.2 Å². The Bertz CT molecular complexity index is 700. The first kappa shape index (κ1) is 19.5. The topological polar surface area (TPSA) is 75.7 Å². The summed E-state index contributed by atoms with van der Waals surface area (Å²) in [5, 5.41) is 1.18. The highest BCUT2D eigenvalue weighted by molar-refractivity contribution is 7.92. The SMILES string of the molecule is CC(C)(C)OC(=O)N1CCC(NS(=O)(=O)C=Cc2ccccc2)CC1. The van der Waals surface area contributed by atoms with Gasteiger partial charge in [-0.05, 0) is 45.3 Å². The van der Waals surface area contributed by atoms with Gasteiger partial charge in [-0.25, -0.2) is 17.9 Å². The fraction of sp³-hybridized carbons (Fsp3) is 0.500. The molecule has 1 N–H and O–H groups in total. The summed E-state index contributed by atoms with van der Waals surface area (Å²) in [4.78, 5) is 13.6. The Hall–Kier alpha value is -1.86. The molecule has 0 spiro atoms. The lowest BCUT2D eigenvalue weighted by Crippen LogP contribution is -2.47. The van der Waals surface area contributed by atoms with Crippen LogP contribution in [-0.2, 0) is 14.8 Å². The van der Waals surface area contributed by atoms with Crippen LogP contribution in [0.25, 0.3) is 6.08 Å². The van der Waals surface area contributed by atoms with Gasteiger partial charge in [0.2, 0.25) is 10.0 Å². The van der Waals surface area contributed by atoms with Crippen molar-refractivity contribution < 1.29 is 17.9 Å². The van der Waals surface area contributed by atoms with Gasteiger partial charge in [-0.3, -0.25) is 0 Å². The van der Waals surface area contributed by atoms with Gasteiger partial charge in [0.15, 0.2) is 0 Å². The van der Waals surface area contributed by atoms with Crippen LogP contribution in [0.4, 0.5) is 4.79 Å². The molecule has 25 heavy (non-hydrogen) atoms. The molecule has 1 aromatic carbocycles. The van der Waals surface area contributed by atoms with Crippen molar-refractivity contribution in [1.82, 2.24) is 9.62 Å². The first-order valence-electron chi connectivity index (χ1n) is 8.38. The molecule has 1 saturated heterocycles. The maximum Gasteiger partial charge on any atom is 0.410 e. The number of ether oxygens (including phenoxy) is 1. The second kappa shape index (κ2) is 8.01. The first-order chi connectivity index (χ1) is 11.6. The first-order valence-corrected chi connectivity index (χ1v) is 9.93. The van der Waals surface area contributed by atoms with Crippen molar-refractivity contribution in [3.63, 3.8) is 0 Å². The maximum atomic E-state index is 12.2. The van der Waals surface area contributed by atoms with Gasteiger partial charge in [-0.1, -0.05) is 30.3 Å². The summed E-state index contributed by atoms with van der Waals surface area (Å²) in [6, 6.07) is 9.08. The lowest BCUT2D eigenvalue weighted by atomic mass is 10.1. The quantitative estimate of drug-likeness (QED) is 0.889. The van der Waals surface area contributed by atoms with Gasteiger partial charge < -0.3 is 9.64 Å². The normalized spacial score (nSPS) is 17.0. The number of nitrogens with zero attached hydrogens (tertiary/aromatic N) is 1. The maximum absolute atomic E-state index is 12.2. The molecule has 2 rings (SSSR count). The zero-order valence-corrected chi connectivity index (χ0v) is 15.8. The molecule has 0 radical (unpaired) electrons. The zero-order valence-electron chi connectivity index (χ0n) is 14.9. The average Bonchev–Trinajstić information content (AvgIpc) is 2.53. The van der Waals surface area contributed by atoms with E-state index in [1.807, 2.05) is 51.1 Å². The number of nitrogens with one attached hydrogen (secondary N) is 1. The van der Waals surface area contributed by atoms with Gasteiger partial charge in [-0.2, -0.15) is 0 Å². The van der Waals surface area contributed by atoms with E-state index in [9.17, 15) is 13.2 Å². The molecular formula is C18H26N2O4S. The molecule has 6 nitrogen and oxygen atoms in total. The molecule has 7 heteroatoms. The number of amides is 1. The molecule has 0 bridgehead atoms. The van der Waals surface area contributed by atoms with Crippen LogP contribution in [0.5, 0.6) is 0 Å². The van der Waals surface area contributed by atoms with Crippen LogP contribution < -0.4 is 4.72 Å². The molecule has 1 aliphatic heterocycles. The zero-order chi connectivity index (χ0) is 18.5. The Morgan fingerprint density at radius 1 is 1.20 bits per heavy atom. The number of carbonyl (C=O) groups is 1. The number of likely N-dealkylation sites (tertiary alicyclic amines) is 1. The number of rotatable bonds is 4. The fourth-order valence-electron chi connectivity index (χ4n) is 2.51. The molecule has 0 aromatic heterocycles. The molecule has 0 aliphatic carbocycles. The summed E-state index contributed by atoms with van der Waals surface area (Å²) < 4.78 is 32.4. The van der Waals surface area contributed by atoms with E-state index in [4.69, 9.17) is 4.74 Å². The van der Waals surface area contributed by atoms with E-state index < -0.39 is 15.6 Å². The van der Waals surface area contributed by atoms with Crippen molar-refractivity contribution in [2.75, 3.05) is 13.1 Å². The van der Waals surface area contributed by atoms with Crippen LogP contribution in [0.1, 0.15) is 39.2 Å². The summed E-state index contributed by atoms with van der Waals surface area (Å²) in [7, 11) is -3.51. The molecule has 1 fully saturated rings. The standard InChI is InChI=1S/C18H26N2O4S/c1-18(2,3)24-17(21)20-12-9-16(10-13-20)19-25(22,23)14-11-15-7-5-4-6-8-15/h4-8,11,14,16,19H,9-10,12-13H2,1-3H3. The third-order valence-electron chi connectivity index (χ3n) is 3.72. The van der Waals surface area contributed by atoms with Gasteiger partial charge in [0.1, 0.15) is 5.60 Å². The van der Waals surface area contributed by atoms with Crippen LogP contribution in [0.2, 0.25) is 0 Å². The largest absolute Gasteiger partial charge is 0.444 e. The minimum atomic E-state index is -3.51. The highest BCUT2D eigenvalue weighted by atomic mass is 32.2. The van der Waals surface area contributed by atoms with Gasteiger partial charge in [0.25, 0.3) is 0 Å². The summed E-state index contributed by atoms with van der Waals surface area (Å²) in [6.45, 7) is 6.43. The summed E-state index contributed by atoms with van der Waals surface area (Å²) in [5.41, 5.74) is 0.296. The number of piperidine rings is 1. The highest BCUT2D eigenvalue weighted by Crippen LogP contribution is 2.16.